The number of nitrogens with one attached hydrogen (secondary N) is 2. The number of nitrogens with two attached hydrogens (primary N) is 1. The zero-order valence-corrected chi connectivity index (χ0v) is 18.6. The maximum atomic E-state index is 12.9. The molecule has 0 atom stereocenters. The average molecular weight is 437 g/mol. The van der Waals surface area contributed by atoms with E-state index in [9.17, 15) is 13.2 Å². The Morgan fingerprint density at radius 1 is 1.30 bits per heavy atom. The summed E-state index contributed by atoms with van der Waals surface area (Å²) in [6.45, 7) is 5.72. The number of carbonyl (C=O) groups excluding carboxylic acids is 1. The Bertz CT molecular complexity index is 1050. The summed E-state index contributed by atoms with van der Waals surface area (Å²) in [6.07, 6.45) is 1.53. The number of rotatable bonds is 8. The van der Waals surface area contributed by atoms with Gasteiger partial charge in [0.15, 0.2) is 5.84 Å². The number of aromatic amines is 1. The minimum absolute atomic E-state index is 0.0421. The molecule has 0 bridgehead atoms. The zero-order chi connectivity index (χ0) is 22.6. The van der Waals surface area contributed by atoms with Crippen LogP contribution in [0.3, 0.4) is 0 Å². The fourth-order valence-electron chi connectivity index (χ4n) is 2.78. The van der Waals surface area contributed by atoms with E-state index in [2.05, 4.69) is 9.97 Å². The van der Waals surface area contributed by atoms with Crippen LogP contribution in [0.4, 0.5) is 0 Å². The van der Waals surface area contributed by atoms with Gasteiger partial charge in [-0.15, -0.1) is 0 Å². The lowest BCUT2D eigenvalue weighted by Gasteiger charge is -2.20. The number of aromatic nitrogens is 2. The molecular formula is C19H28N6O4S. The Kier molecular flexibility index (Phi) is 7.34. The summed E-state index contributed by atoms with van der Waals surface area (Å²) in [6, 6.07) is 4.11. The van der Waals surface area contributed by atoms with Crippen LogP contribution in [-0.2, 0) is 16.4 Å². The van der Waals surface area contributed by atoms with Gasteiger partial charge >= 0.3 is 0 Å². The Balaban J connectivity index is 2.46. The smallest absolute Gasteiger partial charge is 0.292 e. The molecule has 0 unspecified atom stereocenters. The number of carbonyl (C=O) groups is 1. The van der Waals surface area contributed by atoms with E-state index in [-0.39, 0.29) is 21.9 Å². The molecular weight excluding hydrogens is 408 g/mol. The number of nitrogens with zero attached hydrogens (tertiary/aromatic N) is 3. The number of ether oxygens (including phenoxy) is 1. The SMILES string of the molecule is CCCc1nc(C)c(C(=O)N(N)C(=N)c2cc(S(=O)(=O)N(C)C)ccc2OCC)[nH]1. The van der Waals surface area contributed by atoms with Crippen LogP contribution in [0.1, 0.15) is 47.8 Å². The van der Waals surface area contributed by atoms with Crippen molar-refractivity contribution >= 4 is 21.8 Å². The summed E-state index contributed by atoms with van der Waals surface area (Å²) >= 11 is 0. The number of hydrogen-bond donors (Lipinski definition) is 3. The van der Waals surface area contributed by atoms with Gasteiger partial charge in [-0.2, -0.15) is 0 Å². The lowest BCUT2D eigenvalue weighted by Crippen LogP contribution is -2.43. The first kappa shape index (κ1) is 23.5. The van der Waals surface area contributed by atoms with E-state index in [0.717, 1.165) is 10.7 Å². The molecule has 2 aromatic rings. The molecule has 1 heterocycles. The highest BCUT2D eigenvalue weighted by atomic mass is 32.2. The number of amidine groups is 1. The second kappa shape index (κ2) is 9.37. The molecule has 1 aromatic carbocycles. The van der Waals surface area contributed by atoms with Crippen molar-refractivity contribution in [2.45, 2.75) is 38.5 Å². The lowest BCUT2D eigenvalue weighted by molar-refractivity contribution is 0.0840. The molecule has 0 saturated carbocycles. The quantitative estimate of drug-likeness (QED) is 0.189. The van der Waals surface area contributed by atoms with Gasteiger partial charge in [0.25, 0.3) is 5.91 Å². The first-order valence-corrected chi connectivity index (χ1v) is 10.9. The third kappa shape index (κ3) is 4.69. The van der Waals surface area contributed by atoms with E-state index in [1.54, 1.807) is 13.8 Å². The number of imidazole rings is 1. The molecule has 0 radical (unpaired) electrons. The van der Waals surface area contributed by atoms with Crippen LogP contribution in [-0.4, -0.2) is 60.1 Å². The van der Waals surface area contributed by atoms with Crippen molar-refractivity contribution in [1.82, 2.24) is 19.3 Å². The van der Waals surface area contributed by atoms with E-state index in [0.29, 0.717) is 29.6 Å². The van der Waals surface area contributed by atoms with E-state index >= 15 is 0 Å². The summed E-state index contributed by atoms with van der Waals surface area (Å²) in [5.41, 5.74) is 0.739. The van der Waals surface area contributed by atoms with Gasteiger partial charge in [-0.05, 0) is 38.5 Å². The number of aryl methyl sites for hydroxylation is 2. The maximum absolute atomic E-state index is 12.9. The standard InChI is InChI=1S/C19H28N6O4S/c1-6-8-16-22-12(3)17(23-16)19(26)25(21)18(20)14-11-13(30(27,28)24(4)5)9-10-15(14)29-7-2/h9-11,20H,6-8,21H2,1-5H3,(H,22,23). The van der Waals surface area contributed by atoms with Crippen LogP contribution in [0.2, 0.25) is 0 Å². The molecule has 0 fully saturated rings. The first-order valence-electron chi connectivity index (χ1n) is 9.47. The Hall–Kier alpha value is -2.76. The van der Waals surface area contributed by atoms with Crippen LogP contribution in [0.5, 0.6) is 5.75 Å². The predicted octanol–water partition coefficient (Wildman–Crippen LogP) is 1.66. The minimum atomic E-state index is -3.75. The van der Waals surface area contributed by atoms with Crippen molar-refractivity contribution in [2.24, 2.45) is 5.84 Å². The fourth-order valence-corrected chi connectivity index (χ4v) is 3.71. The molecule has 0 aliphatic carbocycles. The number of sulfonamides is 1. The van der Waals surface area contributed by atoms with E-state index in [1.807, 2.05) is 6.92 Å². The topological polar surface area (TPSA) is 145 Å². The monoisotopic (exact) mass is 436 g/mol. The number of hydrogen-bond acceptors (Lipinski definition) is 7. The molecule has 30 heavy (non-hydrogen) atoms. The highest BCUT2D eigenvalue weighted by Gasteiger charge is 2.26. The molecule has 0 aliphatic rings. The molecule has 0 aliphatic heterocycles. The number of H-pyrrole nitrogens is 1. The fraction of sp³-hybridized carbons (Fsp3) is 0.421. The summed E-state index contributed by atoms with van der Waals surface area (Å²) in [4.78, 5) is 20.1. The van der Waals surface area contributed by atoms with Crippen LogP contribution in [0, 0.1) is 12.3 Å². The van der Waals surface area contributed by atoms with Gasteiger partial charge in [0.05, 0.1) is 22.8 Å². The van der Waals surface area contributed by atoms with Crippen LogP contribution in [0.25, 0.3) is 0 Å². The third-order valence-electron chi connectivity index (χ3n) is 4.38. The van der Waals surface area contributed by atoms with Crippen molar-refractivity contribution in [3.05, 3.63) is 41.0 Å². The number of hydrazine groups is 1. The minimum Gasteiger partial charge on any atom is -0.493 e. The Morgan fingerprint density at radius 2 is 1.97 bits per heavy atom. The first-order chi connectivity index (χ1) is 14.0. The number of benzene rings is 1. The van der Waals surface area contributed by atoms with Gasteiger partial charge in [0.2, 0.25) is 10.0 Å². The molecule has 11 heteroatoms. The highest BCUT2D eigenvalue weighted by Crippen LogP contribution is 2.25. The third-order valence-corrected chi connectivity index (χ3v) is 6.19. The molecule has 164 valence electrons. The Labute approximate surface area is 176 Å². The molecule has 1 amide bonds. The van der Waals surface area contributed by atoms with Gasteiger partial charge in [-0.1, -0.05) is 6.92 Å². The maximum Gasteiger partial charge on any atom is 0.292 e. The molecule has 0 saturated heterocycles. The van der Waals surface area contributed by atoms with Crippen molar-refractivity contribution in [1.29, 1.82) is 5.41 Å². The van der Waals surface area contributed by atoms with Crippen molar-refractivity contribution in [2.75, 3.05) is 20.7 Å². The summed E-state index contributed by atoms with van der Waals surface area (Å²) in [5.74, 6) is 5.81. The zero-order valence-electron chi connectivity index (χ0n) is 17.8. The Morgan fingerprint density at radius 3 is 2.53 bits per heavy atom. The van der Waals surface area contributed by atoms with Crippen molar-refractivity contribution in [3.8, 4) is 5.75 Å². The van der Waals surface area contributed by atoms with Gasteiger partial charge in [0.1, 0.15) is 17.3 Å². The summed E-state index contributed by atoms with van der Waals surface area (Å²) < 4.78 is 31.6. The van der Waals surface area contributed by atoms with Crippen molar-refractivity contribution < 1.29 is 17.9 Å². The second-order valence-electron chi connectivity index (χ2n) is 6.80. The molecule has 10 nitrogen and oxygen atoms in total. The highest BCUT2D eigenvalue weighted by molar-refractivity contribution is 7.89. The molecule has 2 rings (SSSR count). The normalized spacial score (nSPS) is 11.6. The van der Waals surface area contributed by atoms with Gasteiger partial charge < -0.3 is 9.72 Å². The summed E-state index contributed by atoms with van der Waals surface area (Å²) in [7, 11) is -0.937. The van der Waals surface area contributed by atoms with Gasteiger partial charge in [-0.25, -0.2) is 28.6 Å². The van der Waals surface area contributed by atoms with Gasteiger partial charge in [-0.3, -0.25) is 10.2 Å². The van der Waals surface area contributed by atoms with E-state index in [4.69, 9.17) is 16.0 Å². The van der Waals surface area contributed by atoms with Crippen LogP contribution in [0.15, 0.2) is 23.1 Å². The lowest BCUT2D eigenvalue weighted by atomic mass is 10.1. The molecule has 1 aromatic heterocycles. The molecule has 0 spiro atoms. The van der Waals surface area contributed by atoms with Gasteiger partial charge in [0, 0.05) is 20.5 Å². The van der Waals surface area contributed by atoms with Crippen molar-refractivity contribution in [3.63, 3.8) is 0 Å². The van der Waals surface area contributed by atoms with Crippen LogP contribution >= 0.6 is 0 Å². The molecule has 4 N–H and O–H groups in total. The van der Waals surface area contributed by atoms with Crippen LogP contribution < -0.4 is 10.6 Å². The predicted molar refractivity (Wildman–Crippen MR) is 113 cm³/mol. The van der Waals surface area contributed by atoms with E-state index in [1.165, 1.54) is 32.3 Å². The average Bonchev–Trinajstić information content (AvgIpc) is 3.07. The number of amides is 1. The largest absolute Gasteiger partial charge is 0.493 e. The summed E-state index contributed by atoms with van der Waals surface area (Å²) in [5, 5.41) is 9.11. The second-order valence-corrected chi connectivity index (χ2v) is 8.95. The van der Waals surface area contributed by atoms with E-state index < -0.39 is 21.8 Å².